The third-order valence-corrected chi connectivity index (χ3v) is 4.53. The van der Waals surface area contributed by atoms with Crippen LogP contribution in [0.5, 0.6) is 5.75 Å². The Morgan fingerprint density at radius 2 is 1.86 bits per heavy atom. The molecule has 21 heavy (non-hydrogen) atoms. The lowest BCUT2D eigenvalue weighted by Crippen LogP contribution is -2.08. The lowest BCUT2D eigenvalue weighted by molar-refractivity contribution is 0.414. The number of sulfone groups is 1. The van der Waals surface area contributed by atoms with Gasteiger partial charge in [-0.15, -0.1) is 0 Å². The van der Waals surface area contributed by atoms with Crippen molar-refractivity contribution in [2.75, 3.05) is 12.8 Å². The first-order valence-corrected chi connectivity index (χ1v) is 7.31. The lowest BCUT2D eigenvalue weighted by atomic mass is 10.3. The van der Waals surface area contributed by atoms with Crippen LogP contribution in [-0.4, -0.2) is 31.8 Å². The predicted octanol–water partition coefficient (Wildman–Crippen LogP) is 0.809. The Kier molecular flexibility index (Phi) is 2.98. The van der Waals surface area contributed by atoms with Crippen molar-refractivity contribution < 1.29 is 13.2 Å². The number of nitrogens with zero attached hydrogens (tertiary/aromatic N) is 4. The molecule has 0 bridgehead atoms. The fourth-order valence-electron chi connectivity index (χ4n) is 1.84. The number of nitrogens with two attached hydrogens (primary N) is 1. The summed E-state index contributed by atoms with van der Waals surface area (Å²) in [4.78, 5) is 11.6. The van der Waals surface area contributed by atoms with Gasteiger partial charge in [-0.05, 0) is 24.3 Å². The summed E-state index contributed by atoms with van der Waals surface area (Å²) in [6.45, 7) is 0. The summed E-state index contributed by atoms with van der Waals surface area (Å²) in [5.41, 5.74) is 5.63. The monoisotopic (exact) mass is 304 g/mol. The van der Waals surface area contributed by atoms with E-state index in [1.807, 2.05) is 0 Å². The number of hydrogen-bond donors (Lipinski definition) is 1. The van der Waals surface area contributed by atoms with Crippen molar-refractivity contribution >= 4 is 33.6 Å². The highest BCUT2D eigenvalue weighted by molar-refractivity contribution is 7.91. The van der Waals surface area contributed by atoms with Crippen molar-refractivity contribution in [1.82, 2.24) is 15.3 Å². The van der Waals surface area contributed by atoms with Gasteiger partial charge in [-0.1, -0.05) is 0 Å². The number of methoxy groups -OCH3 is 1. The maximum absolute atomic E-state index is 12.6. The number of fused-ring (bicyclic) bond motifs is 1. The Morgan fingerprint density at radius 1 is 1.14 bits per heavy atom. The molecule has 3 rings (SSSR count). The predicted molar refractivity (Wildman–Crippen MR) is 74.8 cm³/mol. The van der Waals surface area contributed by atoms with E-state index in [9.17, 15) is 8.42 Å². The van der Waals surface area contributed by atoms with E-state index >= 15 is 0 Å². The molecule has 2 aromatic rings. The minimum atomic E-state index is -3.87. The minimum Gasteiger partial charge on any atom is -0.497 e. The number of hydrogen-bond acceptors (Lipinski definition) is 7. The summed E-state index contributed by atoms with van der Waals surface area (Å²) < 4.78 is 30.3. The SMILES string of the molecule is COc1ccc(S(=O)(=O)c2nc(N)nc3c2N=C[N]3)cc1. The molecular formula is C12H10N5O3S. The van der Waals surface area contributed by atoms with Crippen molar-refractivity contribution in [2.45, 2.75) is 9.92 Å². The van der Waals surface area contributed by atoms with Crippen LogP contribution in [0.4, 0.5) is 17.5 Å². The van der Waals surface area contributed by atoms with E-state index in [4.69, 9.17) is 10.5 Å². The molecule has 0 fully saturated rings. The van der Waals surface area contributed by atoms with Gasteiger partial charge in [-0.25, -0.2) is 18.7 Å². The summed E-state index contributed by atoms with van der Waals surface area (Å²) in [5.74, 6) is 0.527. The first-order chi connectivity index (χ1) is 10.0. The summed E-state index contributed by atoms with van der Waals surface area (Å²) in [6, 6.07) is 5.94. The van der Waals surface area contributed by atoms with Gasteiger partial charge in [-0.3, -0.25) is 0 Å². The molecule has 2 N–H and O–H groups in total. The van der Waals surface area contributed by atoms with Crippen LogP contribution in [0.15, 0.2) is 39.2 Å². The normalized spacial score (nSPS) is 12.8. The number of anilines is 1. The van der Waals surface area contributed by atoms with Crippen molar-refractivity contribution in [3.8, 4) is 5.75 Å². The molecule has 1 aromatic heterocycles. The van der Waals surface area contributed by atoms with Crippen molar-refractivity contribution in [3.63, 3.8) is 0 Å². The molecule has 0 amide bonds. The van der Waals surface area contributed by atoms with Gasteiger partial charge in [0, 0.05) is 0 Å². The van der Waals surface area contributed by atoms with Crippen LogP contribution in [0, 0.1) is 0 Å². The molecule has 1 radical (unpaired) electrons. The Morgan fingerprint density at radius 3 is 2.52 bits per heavy atom. The fourth-order valence-corrected chi connectivity index (χ4v) is 3.17. The topological polar surface area (TPSA) is 122 Å². The number of ether oxygens (including phenoxy) is 1. The van der Waals surface area contributed by atoms with Gasteiger partial charge < -0.3 is 10.5 Å². The summed E-state index contributed by atoms with van der Waals surface area (Å²) in [5, 5.41) is 3.59. The van der Waals surface area contributed by atoms with Crippen LogP contribution < -0.4 is 15.8 Å². The van der Waals surface area contributed by atoms with Crippen LogP contribution in [0.2, 0.25) is 0 Å². The van der Waals surface area contributed by atoms with Crippen molar-refractivity contribution in [2.24, 2.45) is 4.99 Å². The van der Waals surface area contributed by atoms with Gasteiger partial charge in [0.2, 0.25) is 15.8 Å². The largest absolute Gasteiger partial charge is 0.497 e. The Balaban J connectivity index is 2.16. The zero-order valence-electron chi connectivity index (χ0n) is 10.9. The molecule has 0 saturated carbocycles. The number of benzene rings is 1. The molecule has 9 heteroatoms. The highest BCUT2D eigenvalue weighted by Crippen LogP contribution is 2.36. The number of rotatable bonds is 3. The molecule has 0 aliphatic carbocycles. The number of aromatic nitrogens is 2. The minimum absolute atomic E-state index is 0.0608. The third-order valence-electron chi connectivity index (χ3n) is 2.84. The van der Waals surface area contributed by atoms with E-state index < -0.39 is 9.84 Å². The summed E-state index contributed by atoms with van der Waals surface area (Å²) in [7, 11) is -2.37. The van der Waals surface area contributed by atoms with E-state index in [1.165, 1.54) is 25.6 Å². The molecule has 1 aromatic carbocycles. The average Bonchev–Trinajstić information content (AvgIpc) is 2.94. The molecule has 0 atom stereocenters. The standard InChI is InChI=1S/C12H10N5O3S/c1-20-7-2-4-8(5-3-7)21(18,19)11-9-10(15-6-14-9)16-12(13)17-11/h2-6H,1H3,(H2,13,16,17). The quantitative estimate of drug-likeness (QED) is 0.837. The summed E-state index contributed by atoms with van der Waals surface area (Å²) >= 11 is 0. The van der Waals surface area contributed by atoms with Gasteiger partial charge in [0.15, 0.2) is 10.8 Å². The van der Waals surface area contributed by atoms with Gasteiger partial charge >= 0.3 is 0 Å². The van der Waals surface area contributed by atoms with E-state index in [2.05, 4.69) is 20.3 Å². The second kappa shape index (κ2) is 4.70. The van der Waals surface area contributed by atoms with Crippen LogP contribution >= 0.6 is 0 Å². The molecule has 1 aliphatic rings. The molecule has 0 unspecified atom stereocenters. The van der Waals surface area contributed by atoms with E-state index in [0.29, 0.717) is 5.75 Å². The molecule has 2 heterocycles. The zero-order valence-corrected chi connectivity index (χ0v) is 11.7. The first kappa shape index (κ1) is 13.3. The first-order valence-electron chi connectivity index (χ1n) is 5.82. The molecular weight excluding hydrogens is 294 g/mol. The Hall–Kier alpha value is -2.68. The van der Waals surface area contributed by atoms with Crippen LogP contribution in [-0.2, 0) is 9.84 Å². The van der Waals surface area contributed by atoms with Gasteiger partial charge in [0.1, 0.15) is 17.8 Å². The maximum atomic E-state index is 12.6. The van der Waals surface area contributed by atoms with Crippen LogP contribution in [0.25, 0.3) is 0 Å². The van der Waals surface area contributed by atoms with Crippen LogP contribution in [0.3, 0.4) is 0 Å². The van der Waals surface area contributed by atoms with Gasteiger partial charge in [0.05, 0.1) is 12.0 Å². The second-order valence-electron chi connectivity index (χ2n) is 4.11. The number of aliphatic imine (C=N–C) groups is 1. The van der Waals surface area contributed by atoms with E-state index in [0.717, 1.165) is 0 Å². The third kappa shape index (κ3) is 2.17. The zero-order chi connectivity index (χ0) is 15.0. The van der Waals surface area contributed by atoms with Gasteiger partial charge in [-0.2, -0.15) is 9.97 Å². The number of nitrogen functional groups attached to an aromatic ring is 1. The maximum Gasteiger partial charge on any atom is 0.226 e. The molecule has 0 spiro atoms. The van der Waals surface area contributed by atoms with E-state index in [-0.39, 0.29) is 27.4 Å². The Labute approximate surface area is 120 Å². The second-order valence-corrected chi connectivity index (χ2v) is 5.98. The lowest BCUT2D eigenvalue weighted by Gasteiger charge is -2.08. The molecule has 1 aliphatic heterocycles. The van der Waals surface area contributed by atoms with Crippen LogP contribution in [0.1, 0.15) is 0 Å². The van der Waals surface area contributed by atoms with E-state index in [1.54, 1.807) is 12.1 Å². The smallest absolute Gasteiger partial charge is 0.226 e. The fraction of sp³-hybridized carbons (Fsp3) is 0.0833. The highest BCUT2D eigenvalue weighted by Gasteiger charge is 2.28. The molecule has 8 nitrogen and oxygen atoms in total. The molecule has 107 valence electrons. The summed E-state index contributed by atoms with van der Waals surface area (Å²) in [6.07, 6.45) is 1.21. The highest BCUT2D eigenvalue weighted by atomic mass is 32.2. The van der Waals surface area contributed by atoms with Crippen molar-refractivity contribution in [3.05, 3.63) is 24.3 Å². The Bertz CT molecular complexity index is 831. The van der Waals surface area contributed by atoms with Crippen molar-refractivity contribution in [1.29, 1.82) is 0 Å². The molecule has 0 saturated heterocycles. The average molecular weight is 304 g/mol. The van der Waals surface area contributed by atoms with Gasteiger partial charge in [0.25, 0.3) is 0 Å².